The Balaban J connectivity index is 1.38. The van der Waals surface area contributed by atoms with Crippen molar-refractivity contribution in [2.75, 3.05) is 14.2 Å². The number of hydrogen-bond acceptors (Lipinski definition) is 5. The van der Waals surface area contributed by atoms with Gasteiger partial charge in [0.2, 0.25) is 0 Å². The fourth-order valence-corrected chi connectivity index (χ4v) is 5.49. The number of fused-ring (bicyclic) bond motifs is 2. The number of carbonyl (C=O) groups excluding carboxylic acids is 2. The third-order valence-electron chi connectivity index (χ3n) is 7.29. The molecule has 7 heteroatoms. The number of urea groups is 1. The first-order valence-electron chi connectivity index (χ1n) is 12.9. The van der Waals surface area contributed by atoms with Crippen molar-refractivity contribution in [3.8, 4) is 11.5 Å². The zero-order valence-electron chi connectivity index (χ0n) is 21.7. The first-order chi connectivity index (χ1) is 18.6. The molecule has 196 valence electrons. The predicted molar refractivity (Wildman–Crippen MR) is 145 cm³/mol. The van der Waals surface area contributed by atoms with E-state index in [4.69, 9.17) is 14.2 Å². The van der Waals surface area contributed by atoms with Gasteiger partial charge in [0.15, 0.2) is 0 Å². The molecule has 1 saturated heterocycles. The van der Waals surface area contributed by atoms with E-state index in [2.05, 4.69) is 5.32 Å². The molecule has 7 nitrogen and oxygen atoms in total. The molecule has 0 aromatic heterocycles. The van der Waals surface area contributed by atoms with Gasteiger partial charge in [0.25, 0.3) is 0 Å². The maximum atomic E-state index is 13.4. The number of ether oxygens (including phenoxy) is 3. The van der Waals surface area contributed by atoms with E-state index in [1.54, 1.807) is 7.11 Å². The summed E-state index contributed by atoms with van der Waals surface area (Å²) in [5, 5.41) is 3.03. The molecule has 38 heavy (non-hydrogen) atoms. The molecule has 2 atom stereocenters. The molecule has 2 aliphatic heterocycles. The monoisotopic (exact) mass is 512 g/mol. The van der Waals surface area contributed by atoms with Gasteiger partial charge in [-0.1, -0.05) is 60.7 Å². The molecule has 2 heterocycles. The number of nitrogens with zero attached hydrogens (tertiary/aromatic N) is 1. The molecule has 3 aromatic carbocycles. The van der Waals surface area contributed by atoms with Crippen molar-refractivity contribution in [2.24, 2.45) is 0 Å². The Morgan fingerprint density at radius 2 is 1.74 bits per heavy atom. The number of hydrogen-bond donors (Lipinski definition) is 1. The Morgan fingerprint density at radius 1 is 0.947 bits per heavy atom. The Labute approximate surface area is 223 Å². The molecular formula is C31H32N2O5. The van der Waals surface area contributed by atoms with Crippen molar-refractivity contribution in [3.63, 3.8) is 0 Å². The Kier molecular flexibility index (Phi) is 7.63. The minimum Gasteiger partial charge on any atom is -0.496 e. The van der Waals surface area contributed by atoms with Gasteiger partial charge in [-0.2, -0.15) is 0 Å². The number of nitrogens with one attached hydrogen (secondary N) is 1. The third-order valence-corrected chi connectivity index (χ3v) is 7.29. The van der Waals surface area contributed by atoms with E-state index < -0.39 is 5.97 Å². The maximum Gasteiger partial charge on any atom is 0.336 e. The lowest BCUT2D eigenvalue weighted by Gasteiger charge is -2.37. The molecule has 2 bridgehead atoms. The summed E-state index contributed by atoms with van der Waals surface area (Å²) in [6.45, 7) is 0.794. The number of amides is 2. The topological polar surface area (TPSA) is 77.1 Å². The highest BCUT2D eigenvalue weighted by molar-refractivity contribution is 6.01. The van der Waals surface area contributed by atoms with Gasteiger partial charge in [-0.3, -0.25) is 0 Å². The van der Waals surface area contributed by atoms with Crippen molar-refractivity contribution in [2.45, 2.75) is 44.5 Å². The lowest BCUT2D eigenvalue weighted by atomic mass is 9.88. The Morgan fingerprint density at radius 3 is 2.53 bits per heavy atom. The van der Waals surface area contributed by atoms with Gasteiger partial charge < -0.3 is 24.4 Å². The highest BCUT2D eigenvalue weighted by Gasteiger charge is 2.46. The second-order valence-corrected chi connectivity index (χ2v) is 9.51. The number of esters is 1. The molecule has 2 amide bonds. The van der Waals surface area contributed by atoms with Crippen LogP contribution in [-0.2, 0) is 22.7 Å². The predicted octanol–water partition coefficient (Wildman–Crippen LogP) is 5.35. The molecule has 0 spiro atoms. The zero-order chi connectivity index (χ0) is 26.5. The second kappa shape index (κ2) is 11.4. The van der Waals surface area contributed by atoms with Crippen molar-refractivity contribution in [1.29, 1.82) is 0 Å². The second-order valence-electron chi connectivity index (χ2n) is 9.51. The summed E-state index contributed by atoms with van der Waals surface area (Å²) in [4.78, 5) is 28.3. The third kappa shape index (κ3) is 5.23. The van der Waals surface area contributed by atoms with Crippen LogP contribution in [-0.4, -0.2) is 43.2 Å². The van der Waals surface area contributed by atoms with Crippen LogP contribution in [0.4, 0.5) is 4.79 Å². The fraction of sp³-hybridized carbons (Fsp3) is 0.290. The molecule has 1 fully saturated rings. The van der Waals surface area contributed by atoms with Crippen molar-refractivity contribution >= 4 is 17.6 Å². The highest BCUT2D eigenvalue weighted by atomic mass is 16.5. The molecule has 1 N–H and O–H groups in total. The Hall–Kier alpha value is -4.26. The minimum absolute atomic E-state index is 0.00466. The van der Waals surface area contributed by atoms with Crippen molar-refractivity contribution < 1.29 is 23.8 Å². The number of benzene rings is 3. The summed E-state index contributed by atoms with van der Waals surface area (Å²) < 4.78 is 16.7. The molecular weight excluding hydrogens is 480 g/mol. The van der Waals surface area contributed by atoms with Crippen LogP contribution in [0.3, 0.4) is 0 Å². The van der Waals surface area contributed by atoms with E-state index >= 15 is 0 Å². The van der Waals surface area contributed by atoms with Crippen LogP contribution in [0.2, 0.25) is 0 Å². The molecule has 5 rings (SSSR count). The van der Waals surface area contributed by atoms with Gasteiger partial charge >= 0.3 is 12.0 Å². The van der Waals surface area contributed by atoms with Crippen LogP contribution < -0.4 is 14.8 Å². The quantitative estimate of drug-likeness (QED) is 0.412. The van der Waals surface area contributed by atoms with E-state index in [9.17, 15) is 9.59 Å². The summed E-state index contributed by atoms with van der Waals surface area (Å²) in [5.74, 6) is 1.05. The molecule has 0 aliphatic carbocycles. The van der Waals surface area contributed by atoms with Crippen LogP contribution in [0.1, 0.15) is 36.0 Å². The molecule has 3 aromatic rings. The van der Waals surface area contributed by atoms with E-state index in [0.29, 0.717) is 31.6 Å². The SMILES string of the molecule is COC(=O)C1=C(c2cccc(OCc3ccccc3)c2)C[C@@H]2CC[C@H]1N2C(=O)NCc1ccccc1OC. The number of methoxy groups -OCH3 is 2. The van der Waals surface area contributed by atoms with Gasteiger partial charge in [0.1, 0.15) is 18.1 Å². The molecule has 0 saturated carbocycles. The average molecular weight is 513 g/mol. The summed E-state index contributed by atoms with van der Waals surface area (Å²) in [5.41, 5.74) is 4.36. The van der Waals surface area contributed by atoms with Crippen LogP contribution in [0.25, 0.3) is 5.57 Å². The molecule has 0 radical (unpaired) electrons. The maximum absolute atomic E-state index is 13.4. The highest BCUT2D eigenvalue weighted by Crippen LogP contribution is 2.44. The van der Waals surface area contributed by atoms with E-state index in [-0.39, 0.29) is 18.1 Å². The Bertz CT molecular complexity index is 1340. The van der Waals surface area contributed by atoms with Gasteiger partial charge in [-0.25, -0.2) is 9.59 Å². The van der Waals surface area contributed by atoms with Crippen LogP contribution >= 0.6 is 0 Å². The van der Waals surface area contributed by atoms with Gasteiger partial charge in [-0.05, 0) is 54.2 Å². The standard InChI is InChI=1S/C31H32N2O5/c1-36-28-14-7-6-11-23(28)19-32-31(35)33-24-15-16-27(33)29(30(34)37-2)26(18-24)22-12-8-13-25(17-22)38-20-21-9-4-3-5-10-21/h3-14,17,24,27H,15-16,18-20H2,1-2H3,(H,32,35)/t24-,27+/m0/s1. The van der Waals surface area contributed by atoms with Crippen LogP contribution in [0.5, 0.6) is 11.5 Å². The fourth-order valence-electron chi connectivity index (χ4n) is 5.49. The summed E-state index contributed by atoms with van der Waals surface area (Å²) in [7, 11) is 3.00. The first-order valence-corrected chi connectivity index (χ1v) is 12.9. The zero-order valence-corrected chi connectivity index (χ0v) is 21.7. The number of para-hydroxylation sites is 1. The van der Waals surface area contributed by atoms with E-state index in [1.807, 2.05) is 83.8 Å². The van der Waals surface area contributed by atoms with E-state index in [0.717, 1.165) is 40.2 Å². The lowest BCUT2D eigenvalue weighted by molar-refractivity contribution is -0.136. The van der Waals surface area contributed by atoms with Crippen molar-refractivity contribution in [1.82, 2.24) is 10.2 Å². The van der Waals surface area contributed by atoms with Crippen LogP contribution in [0, 0.1) is 0 Å². The smallest absolute Gasteiger partial charge is 0.336 e. The average Bonchev–Trinajstić information content (AvgIpc) is 3.28. The van der Waals surface area contributed by atoms with Gasteiger partial charge in [0, 0.05) is 18.2 Å². The summed E-state index contributed by atoms with van der Waals surface area (Å²) >= 11 is 0. The summed E-state index contributed by atoms with van der Waals surface area (Å²) in [6, 6.07) is 24.9. The normalized spacial score (nSPS) is 18.2. The van der Waals surface area contributed by atoms with Gasteiger partial charge in [-0.15, -0.1) is 0 Å². The lowest BCUT2D eigenvalue weighted by Crippen LogP contribution is -2.50. The minimum atomic E-state index is -0.400. The summed E-state index contributed by atoms with van der Waals surface area (Å²) in [6.07, 6.45) is 2.11. The van der Waals surface area contributed by atoms with Crippen LogP contribution in [0.15, 0.2) is 84.4 Å². The first kappa shape index (κ1) is 25.4. The van der Waals surface area contributed by atoms with Crippen molar-refractivity contribution in [3.05, 3.63) is 101 Å². The molecule has 0 unspecified atom stereocenters. The largest absolute Gasteiger partial charge is 0.496 e. The van der Waals surface area contributed by atoms with Gasteiger partial charge in [0.05, 0.1) is 25.8 Å². The number of carbonyl (C=O) groups is 2. The number of rotatable bonds is 8. The van der Waals surface area contributed by atoms with E-state index in [1.165, 1.54) is 7.11 Å². The molecule has 2 aliphatic rings.